The molecule has 1 rings (SSSR count). The van der Waals surface area contributed by atoms with Crippen molar-refractivity contribution in [1.82, 2.24) is 10.3 Å². The molecule has 0 aliphatic carbocycles. The van der Waals surface area contributed by atoms with Crippen LogP contribution in [-0.4, -0.2) is 17.1 Å². The van der Waals surface area contributed by atoms with Gasteiger partial charge in [0, 0.05) is 6.54 Å². The summed E-state index contributed by atoms with van der Waals surface area (Å²) in [6, 6.07) is 6.12. The zero-order valence-corrected chi connectivity index (χ0v) is 12.1. The molecule has 1 heterocycles. The third kappa shape index (κ3) is 5.61. The first-order valence-electron chi connectivity index (χ1n) is 6.87. The molecule has 3 nitrogen and oxygen atoms in total. The predicted molar refractivity (Wildman–Crippen MR) is 75.4 cm³/mol. The average molecular weight is 250 g/mol. The van der Waals surface area contributed by atoms with Crippen LogP contribution in [-0.2, 0) is 17.9 Å². The van der Waals surface area contributed by atoms with E-state index in [9.17, 15) is 0 Å². The minimum Gasteiger partial charge on any atom is -0.369 e. The van der Waals surface area contributed by atoms with E-state index < -0.39 is 0 Å². The van der Waals surface area contributed by atoms with Gasteiger partial charge in [0.2, 0.25) is 0 Å². The van der Waals surface area contributed by atoms with Crippen molar-refractivity contribution in [3.05, 3.63) is 29.6 Å². The number of nitrogens with one attached hydrogen (secondary N) is 1. The number of aromatic nitrogens is 1. The molecule has 18 heavy (non-hydrogen) atoms. The molecule has 0 spiro atoms. The molecule has 0 saturated heterocycles. The van der Waals surface area contributed by atoms with Crippen LogP contribution in [0.2, 0.25) is 0 Å². The van der Waals surface area contributed by atoms with Crippen LogP contribution in [0.25, 0.3) is 0 Å². The minimum atomic E-state index is -0.0713. The van der Waals surface area contributed by atoms with E-state index in [1.807, 2.05) is 12.1 Å². The normalized spacial score (nSPS) is 11.8. The van der Waals surface area contributed by atoms with Crippen LogP contribution in [0.1, 0.15) is 51.9 Å². The molecule has 3 heteroatoms. The van der Waals surface area contributed by atoms with Gasteiger partial charge >= 0.3 is 0 Å². The molecule has 0 aromatic carbocycles. The molecule has 1 aromatic heterocycles. The van der Waals surface area contributed by atoms with Gasteiger partial charge in [-0.15, -0.1) is 0 Å². The fourth-order valence-corrected chi connectivity index (χ4v) is 1.47. The van der Waals surface area contributed by atoms with E-state index in [4.69, 9.17) is 4.74 Å². The summed E-state index contributed by atoms with van der Waals surface area (Å²) >= 11 is 0. The average Bonchev–Trinajstić information content (AvgIpc) is 2.38. The van der Waals surface area contributed by atoms with Crippen LogP contribution in [0.3, 0.4) is 0 Å². The lowest BCUT2D eigenvalue weighted by molar-refractivity contribution is -0.0330. The first kappa shape index (κ1) is 15.1. The Kier molecular flexibility index (Phi) is 6.30. The van der Waals surface area contributed by atoms with Crippen LogP contribution < -0.4 is 5.32 Å². The van der Waals surface area contributed by atoms with Crippen molar-refractivity contribution in [2.45, 2.75) is 59.3 Å². The number of ether oxygens (including phenoxy) is 1. The number of hydrogen-bond donors (Lipinski definition) is 1. The predicted octanol–water partition coefficient (Wildman–Crippen LogP) is 3.29. The Morgan fingerprint density at radius 3 is 2.61 bits per heavy atom. The number of nitrogens with zero attached hydrogens (tertiary/aromatic N) is 1. The minimum absolute atomic E-state index is 0.0713. The van der Waals surface area contributed by atoms with Gasteiger partial charge in [-0.25, -0.2) is 0 Å². The molecule has 0 unspecified atom stereocenters. The summed E-state index contributed by atoms with van der Waals surface area (Å²) in [4.78, 5) is 4.59. The molecule has 0 saturated carbocycles. The molecule has 0 fully saturated rings. The third-order valence-electron chi connectivity index (χ3n) is 3.06. The van der Waals surface area contributed by atoms with Gasteiger partial charge in [-0.05, 0) is 45.4 Å². The molecule has 102 valence electrons. The van der Waals surface area contributed by atoms with Gasteiger partial charge < -0.3 is 10.1 Å². The van der Waals surface area contributed by atoms with Gasteiger partial charge in [0.05, 0.1) is 23.6 Å². The van der Waals surface area contributed by atoms with Gasteiger partial charge in [0.1, 0.15) is 0 Å². The zero-order valence-electron chi connectivity index (χ0n) is 12.1. The van der Waals surface area contributed by atoms with Crippen LogP contribution in [0.5, 0.6) is 0 Å². The van der Waals surface area contributed by atoms with Crippen molar-refractivity contribution in [1.29, 1.82) is 0 Å². The Hall–Kier alpha value is -0.930. The number of rotatable bonds is 8. The SMILES string of the molecule is CCCNCc1cccc(COC(C)(C)CC)n1. The molecule has 1 N–H and O–H groups in total. The fourth-order valence-electron chi connectivity index (χ4n) is 1.47. The molecule has 0 radical (unpaired) electrons. The van der Waals surface area contributed by atoms with Gasteiger partial charge in [0.25, 0.3) is 0 Å². The highest BCUT2D eigenvalue weighted by molar-refractivity contribution is 5.10. The van der Waals surface area contributed by atoms with Gasteiger partial charge in [-0.3, -0.25) is 4.98 Å². The van der Waals surface area contributed by atoms with Crippen molar-refractivity contribution in [3.8, 4) is 0 Å². The van der Waals surface area contributed by atoms with E-state index in [0.29, 0.717) is 6.61 Å². The topological polar surface area (TPSA) is 34.1 Å². The van der Waals surface area contributed by atoms with E-state index in [1.54, 1.807) is 0 Å². The molecular weight excluding hydrogens is 224 g/mol. The van der Waals surface area contributed by atoms with Crippen molar-refractivity contribution in [2.75, 3.05) is 6.54 Å². The second-order valence-electron chi connectivity index (χ2n) is 5.20. The summed E-state index contributed by atoms with van der Waals surface area (Å²) in [6.07, 6.45) is 2.15. The van der Waals surface area contributed by atoms with E-state index in [-0.39, 0.29) is 5.60 Å². The molecule has 0 atom stereocenters. The van der Waals surface area contributed by atoms with Crippen LogP contribution in [0.4, 0.5) is 0 Å². The third-order valence-corrected chi connectivity index (χ3v) is 3.06. The van der Waals surface area contributed by atoms with Crippen LogP contribution in [0, 0.1) is 0 Å². The Labute approximate surface area is 111 Å². The lowest BCUT2D eigenvalue weighted by Crippen LogP contribution is -2.23. The van der Waals surface area contributed by atoms with E-state index in [1.165, 1.54) is 0 Å². The summed E-state index contributed by atoms with van der Waals surface area (Å²) in [7, 11) is 0. The van der Waals surface area contributed by atoms with E-state index >= 15 is 0 Å². The summed E-state index contributed by atoms with van der Waals surface area (Å²) in [5.74, 6) is 0. The maximum atomic E-state index is 5.86. The summed E-state index contributed by atoms with van der Waals surface area (Å²) in [5, 5.41) is 3.36. The zero-order chi connectivity index (χ0) is 13.4. The highest BCUT2D eigenvalue weighted by Crippen LogP contribution is 2.15. The van der Waals surface area contributed by atoms with E-state index in [0.717, 1.165) is 37.3 Å². The Bertz CT molecular complexity index is 350. The highest BCUT2D eigenvalue weighted by atomic mass is 16.5. The molecule has 0 aliphatic rings. The summed E-state index contributed by atoms with van der Waals surface area (Å²) in [5.41, 5.74) is 2.02. The van der Waals surface area contributed by atoms with Crippen molar-refractivity contribution in [3.63, 3.8) is 0 Å². The maximum Gasteiger partial charge on any atom is 0.0895 e. The lowest BCUT2D eigenvalue weighted by atomic mass is 10.1. The molecule has 0 aliphatic heterocycles. The first-order valence-corrected chi connectivity index (χ1v) is 6.87. The second-order valence-corrected chi connectivity index (χ2v) is 5.20. The second kappa shape index (κ2) is 7.49. The Morgan fingerprint density at radius 1 is 1.22 bits per heavy atom. The number of pyridine rings is 1. The van der Waals surface area contributed by atoms with Crippen LogP contribution >= 0.6 is 0 Å². The van der Waals surface area contributed by atoms with Crippen molar-refractivity contribution >= 4 is 0 Å². The Morgan fingerprint density at radius 2 is 1.94 bits per heavy atom. The van der Waals surface area contributed by atoms with Gasteiger partial charge in [-0.1, -0.05) is 19.9 Å². The van der Waals surface area contributed by atoms with Gasteiger partial charge in [0.15, 0.2) is 0 Å². The molecular formula is C15H26N2O. The first-order chi connectivity index (χ1) is 8.57. The smallest absolute Gasteiger partial charge is 0.0895 e. The summed E-state index contributed by atoms with van der Waals surface area (Å²) < 4.78 is 5.86. The molecule has 0 bridgehead atoms. The van der Waals surface area contributed by atoms with E-state index in [2.05, 4.69) is 44.1 Å². The molecule has 1 aromatic rings. The highest BCUT2D eigenvalue weighted by Gasteiger charge is 2.15. The van der Waals surface area contributed by atoms with Gasteiger partial charge in [-0.2, -0.15) is 0 Å². The maximum absolute atomic E-state index is 5.86. The monoisotopic (exact) mass is 250 g/mol. The van der Waals surface area contributed by atoms with Crippen LogP contribution in [0.15, 0.2) is 18.2 Å². The van der Waals surface area contributed by atoms with Crippen molar-refractivity contribution < 1.29 is 4.74 Å². The molecule has 0 amide bonds. The fraction of sp³-hybridized carbons (Fsp3) is 0.667. The largest absolute Gasteiger partial charge is 0.369 e. The summed E-state index contributed by atoms with van der Waals surface area (Å²) in [6.45, 7) is 11.0. The lowest BCUT2D eigenvalue weighted by Gasteiger charge is -2.23. The number of hydrogen-bond acceptors (Lipinski definition) is 3. The quantitative estimate of drug-likeness (QED) is 0.719. The van der Waals surface area contributed by atoms with Crippen molar-refractivity contribution in [2.24, 2.45) is 0 Å². The Balaban J connectivity index is 2.49. The standard InChI is InChI=1S/C15H26N2O/c1-5-10-16-11-13-8-7-9-14(17-13)12-18-15(3,4)6-2/h7-9,16H,5-6,10-12H2,1-4H3.